The number of nitrogens with one attached hydrogen (secondary N) is 1. The van der Waals surface area contributed by atoms with E-state index in [-0.39, 0.29) is 11.9 Å². The van der Waals surface area contributed by atoms with Gasteiger partial charge in [0.05, 0.1) is 11.3 Å². The molecule has 1 atom stereocenters. The zero-order valence-electron chi connectivity index (χ0n) is 17.0. The third kappa shape index (κ3) is 4.12. The van der Waals surface area contributed by atoms with Crippen molar-refractivity contribution < 1.29 is 18.0 Å². The van der Waals surface area contributed by atoms with E-state index in [0.717, 1.165) is 53.6 Å². The first kappa shape index (κ1) is 21.0. The van der Waals surface area contributed by atoms with Crippen molar-refractivity contribution in [3.8, 4) is 0 Å². The fourth-order valence-electron chi connectivity index (χ4n) is 3.80. The van der Waals surface area contributed by atoms with Gasteiger partial charge in [-0.3, -0.25) is 4.79 Å². The molecule has 0 unspecified atom stereocenters. The number of hydrogen-bond donors (Lipinski definition) is 1. The molecule has 1 saturated carbocycles. The predicted molar refractivity (Wildman–Crippen MR) is 111 cm³/mol. The molecule has 1 aliphatic carbocycles. The van der Waals surface area contributed by atoms with E-state index in [0.29, 0.717) is 16.9 Å². The Balaban J connectivity index is 1.35. The van der Waals surface area contributed by atoms with Gasteiger partial charge in [-0.05, 0) is 56.9 Å². The predicted octanol–water partition coefficient (Wildman–Crippen LogP) is 4.69. The maximum atomic E-state index is 12.7. The molecule has 2 aliphatic rings. The number of aryl methyl sites for hydroxylation is 1. The minimum atomic E-state index is -4.30. The summed E-state index contributed by atoms with van der Waals surface area (Å²) in [6, 6.07) is 5.08. The maximum Gasteiger partial charge on any atom is 0.416 e. The van der Waals surface area contributed by atoms with Crippen molar-refractivity contribution in [2.24, 2.45) is 5.92 Å². The summed E-state index contributed by atoms with van der Waals surface area (Å²) >= 11 is 1.63. The first-order chi connectivity index (χ1) is 14.1. The number of likely N-dealkylation sites (N-methyl/N-ethyl adjacent to an activating group) is 1. The van der Waals surface area contributed by atoms with Gasteiger partial charge in [0.15, 0.2) is 5.82 Å². The van der Waals surface area contributed by atoms with E-state index in [9.17, 15) is 18.0 Å². The Hall–Kier alpha value is -2.29. The van der Waals surface area contributed by atoms with Crippen molar-refractivity contribution in [2.45, 2.75) is 55.5 Å². The fourth-order valence-corrected chi connectivity index (χ4v) is 5.22. The molecule has 30 heavy (non-hydrogen) atoms. The van der Waals surface area contributed by atoms with E-state index in [1.807, 2.05) is 25.8 Å². The van der Waals surface area contributed by atoms with Crippen molar-refractivity contribution in [1.29, 1.82) is 0 Å². The molecule has 0 radical (unpaired) electrons. The quantitative estimate of drug-likeness (QED) is 0.753. The molecular weight excluding hydrogens is 413 g/mol. The van der Waals surface area contributed by atoms with Crippen LogP contribution in [0.4, 0.5) is 24.7 Å². The highest BCUT2D eigenvalue weighted by molar-refractivity contribution is 8.00. The lowest BCUT2D eigenvalue weighted by Crippen LogP contribution is -2.45. The van der Waals surface area contributed by atoms with Crippen LogP contribution >= 0.6 is 11.8 Å². The lowest BCUT2D eigenvalue weighted by atomic mass is 9.82. The third-order valence-electron chi connectivity index (χ3n) is 5.81. The van der Waals surface area contributed by atoms with Crippen molar-refractivity contribution in [3.63, 3.8) is 0 Å². The maximum absolute atomic E-state index is 12.7. The van der Waals surface area contributed by atoms with Crippen LogP contribution in [0.3, 0.4) is 0 Å². The number of carbonyl (C=O) groups is 1. The van der Waals surface area contributed by atoms with E-state index >= 15 is 0 Å². The van der Waals surface area contributed by atoms with Crippen LogP contribution in [-0.4, -0.2) is 34.2 Å². The average Bonchev–Trinajstić information content (AvgIpc) is 2.65. The number of hydrogen-bond acceptors (Lipinski definition) is 5. The van der Waals surface area contributed by atoms with Gasteiger partial charge < -0.3 is 10.2 Å². The summed E-state index contributed by atoms with van der Waals surface area (Å²) in [6.07, 6.45) is -1.58. The summed E-state index contributed by atoms with van der Waals surface area (Å²) in [4.78, 5) is 24.0. The number of halogens is 3. The second kappa shape index (κ2) is 7.76. The Morgan fingerprint density at radius 2 is 1.87 bits per heavy atom. The molecule has 1 aromatic carbocycles. The van der Waals surface area contributed by atoms with Crippen molar-refractivity contribution >= 4 is 29.2 Å². The zero-order chi connectivity index (χ0) is 21.6. The second-order valence-electron chi connectivity index (χ2n) is 8.00. The standard InChI is InChI=1S/C21H23F3N4OS/c1-11-18-19(28(3)12(2)20(29)27-18)26-17(25-11)10-13-8-16(9-13)30-15-6-4-14(5-7-15)21(22,23)24/h4-7,12-13,16H,8-10H2,1-3H3,(H,27,29)/t12-,13?,16?/m0/s1. The third-order valence-corrected chi connectivity index (χ3v) is 7.07. The van der Waals surface area contributed by atoms with E-state index in [4.69, 9.17) is 4.98 Å². The van der Waals surface area contributed by atoms with Gasteiger partial charge in [-0.15, -0.1) is 11.8 Å². The number of amides is 1. The number of anilines is 2. The Labute approximate surface area is 177 Å². The topological polar surface area (TPSA) is 58.1 Å². The molecule has 0 bridgehead atoms. The molecule has 0 saturated heterocycles. The molecule has 1 aromatic heterocycles. The van der Waals surface area contributed by atoms with Crippen molar-refractivity contribution in [1.82, 2.24) is 9.97 Å². The van der Waals surface area contributed by atoms with Crippen molar-refractivity contribution in [2.75, 3.05) is 17.3 Å². The van der Waals surface area contributed by atoms with Crippen LogP contribution in [0.15, 0.2) is 29.2 Å². The lowest BCUT2D eigenvalue weighted by Gasteiger charge is -2.35. The summed E-state index contributed by atoms with van der Waals surface area (Å²) in [5, 5.41) is 3.28. The molecule has 4 rings (SSSR count). The normalized spacial score (nSPS) is 23.6. The first-order valence-corrected chi connectivity index (χ1v) is 10.7. The van der Waals surface area contributed by atoms with Gasteiger partial charge in [-0.2, -0.15) is 13.2 Å². The molecule has 0 spiro atoms. The van der Waals surface area contributed by atoms with Gasteiger partial charge in [0.25, 0.3) is 0 Å². The van der Waals surface area contributed by atoms with Gasteiger partial charge >= 0.3 is 6.18 Å². The van der Waals surface area contributed by atoms with Crippen LogP contribution in [0, 0.1) is 12.8 Å². The highest BCUT2D eigenvalue weighted by atomic mass is 32.2. The molecule has 1 amide bonds. The Morgan fingerprint density at radius 1 is 1.20 bits per heavy atom. The van der Waals surface area contributed by atoms with E-state index < -0.39 is 11.7 Å². The fraction of sp³-hybridized carbons (Fsp3) is 0.476. The number of aromatic nitrogens is 2. The van der Waals surface area contributed by atoms with Crippen molar-refractivity contribution in [3.05, 3.63) is 41.3 Å². The smallest absolute Gasteiger partial charge is 0.346 e. The summed E-state index contributed by atoms with van der Waals surface area (Å²) < 4.78 is 38.0. The minimum Gasteiger partial charge on any atom is -0.346 e. The molecule has 5 nitrogen and oxygen atoms in total. The molecule has 1 fully saturated rings. The van der Waals surface area contributed by atoms with Gasteiger partial charge in [0.2, 0.25) is 5.91 Å². The highest BCUT2D eigenvalue weighted by Gasteiger charge is 2.34. The highest BCUT2D eigenvalue weighted by Crippen LogP contribution is 2.43. The first-order valence-electron chi connectivity index (χ1n) is 9.87. The van der Waals surface area contributed by atoms with Gasteiger partial charge in [-0.1, -0.05) is 0 Å². The van der Waals surface area contributed by atoms with E-state index in [2.05, 4.69) is 10.3 Å². The number of thioether (sulfide) groups is 1. The molecular formula is C21H23F3N4OS. The number of nitrogens with zero attached hydrogens (tertiary/aromatic N) is 3. The molecule has 160 valence electrons. The molecule has 2 aromatic rings. The Kier molecular flexibility index (Phi) is 5.42. The minimum absolute atomic E-state index is 0.0634. The molecule has 9 heteroatoms. The number of alkyl halides is 3. The van der Waals surface area contributed by atoms with Gasteiger partial charge in [0.1, 0.15) is 17.6 Å². The van der Waals surface area contributed by atoms with E-state index in [1.165, 1.54) is 0 Å². The average molecular weight is 437 g/mol. The van der Waals surface area contributed by atoms with E-state index in [1.54, 1.807) is 23.9 Å². The zero-order valence-corrected chi connectivity index (χ0v) is 17.8. The Morgan fingerprint density at radius 3 is 2.50 bits per heavy atom. The van der Waals surface area contributed by atoms with Crippen LogP contribution in [0.25, 0.3) is 0 Å². The Bertz CT molecular complexity index is 958. The second-order valence-corrected chi connectivity index (χ2v) is 9.38. The number of rotatable bonds is 4. The number of carbonyl (C=O) groups excluding carboxylic acids is 1. The largest absolute Gasteiger partial charge is 0.416 e. The van der Waals surface area contributed by atoms with Gasteiger partial charge in [-0.25, -0.2) is 9.97 Å². The van der Waals surface area contributed by atoms with Crippen LogP contribution in [-0.2, 0) is 17.4 Å². The summed E-state index contributed by atoms with van der Waals surface area (Å²) in [6.45, 7) is 3.71. The molecule has 1 N–H and O–H groups in total. The van der Waals surface area contributed by atoms with Crippen LogP contribution in [0.5, 0.6) is 0 Å². The van der Waals surface area contributed by atoms with Crippen LogP contribution < -0.4 is 10.2 Å². The number of benzene rings is 1. The molecule has 1 aliphatic heterocycles. The summed E-state index contributed by atoms with van der Waals surface area (Å²) in [5.74, 6) is 1.91. The van der Waals surface area contributed by atoms with Gasteiger partial charge in [0, 0.05) is 23.6 Å². The number of fused-ring (bicyclic) bond motifs is 1. The SMILES string of the molecule is Cc1nc(CC2CC(Sc3ccc(C(F)(F)F)cc3)C2)nc2c1NC(=O)[C@H](C)N2C. The van der Waals surface area contributed by atoms with Crippen LogP contribution in [0.2, 0.25) is 0 Å². The monoisotopic (exact) mass is 436 g/mol. The lowest BCUT2D eigenvalue weighted by molar-refractivity contribution is -0.137. The summed E-state index contributed by atoms with van der Waals surface area (Å²) in [5.41, 5.74) is 0.819. The summed E-state index contributed by atoms with van der Waals surface area (Å²) in [7, 11) is 1.86. The molecule has 2 heterocycles. The van der Waals surface area contributed by atoms with Crippen LogP contribution in [0.1, 0.15) is 36.8 Å².